The van der Waals surface area contributed by atoms with Gasteiger partial charge >= 0.3 is 0 Å². The van der Waals surface area contributed by atoms with Crippen LogP contribution in [0.15, 0.2) is 234 Å². The van der Waals surface area contributed by atoms with Crippen molar-refractivity contribution in [2.24, 2.45) is 0 Å². The number of carbonyl (C=O) groups excluding carboxylic acids is 2. The molecule has 0 aliphatic heterocycles. The summed E-state index contributed by atoms with van der Waals surface area (Å²) >= 11 is 3.37. The molecule has 53 heavy (non-hydrogen) atoms. The Labute approximate surface area is 322 Å². The average Bonchev–Trinajstić information content (AvgIpc) is 3.22. The molecule has 0 spiro atoms. The lowest BCUT2D eigenvalue weighted by Crippen LogP contribution is -2.04. The van der Waals surface area contributed by atoms with E-state index in [0.717, 1.165) is 30.7 Å². The van der Waals surface area contributed by atoms with Gasteiger partial charge in [-0.1, -0.05) is 115 Å². The Balaban J connectivity index is 1.01. The molecule has 0 saturated carbocycles. The molecule has 0 fully saturated rings. The molecule has 7 aromatic carbocycles. The van der Waals surface area contributed by atoms with Crippen molar-refractivity contribution in [2.45, 2.75) is 34.3 Å². The number of rotatable bonds is 13. The zero-order chi connectivity index (χ0) is 36.2. The van der Waals surface area contributed by atoms with Crippen molar-refractivity contribution in [3.05, 3.63) is 222 Å². The van der Waals surface area contributed by atoms with Crippen LogP contribution in [0.4, 0.5) is 0 Å². The summed E-state index contributed by atoms with van der Waals surface area (Å²) in [5.41, 5.74) is 3.35. The van der Waals surface area contributed by atoms with Crippen LogP contribution in [-0.2, 0) is 10.9 Å². The second-order valence-corrected chi connectivity index (χ2v) is 16.4. The summed E-state index contributed by atoms with van der Waals surface area (Å²) in [5, 5.41) is 0. The average molecular weight is 740 g/mol. The van der Waals surface area contributed by atoms with E-state index in [2.05, 4.69) is 78.9 Å². The Morgan fingerprint density at radius 3 is 1.02 bits per heavy atom. The summed E-state index contributed by atoms with van der Waals surface area (Å²) in [6.07, 6.45) is 6.95. The van der Waals surface area contributed by atoms with Crippen LogP contribution in [0.2, 0.25) is 0 Å². The normalized spacial score (nSPS) is 11.3. The highest BCUT2D eigenvalue weighted by Gasteiger charge is 2.28. The predicted octanol–water partition coefficient (Wildman–Crippen LogP) is 12.9. The summed E-state index contributed by atoms with van der Waals surface area (Å²) in [5.74, 6) is -0.0199. The Morgan fingerprint density at radius 1 is 0.358 bits per heavy atom. The van der Waals surface area contributed by atoms with Crippen LogP contribution in [0.5, 0.6) is 0 Å². The summed E-state index contributed by atoms with van der Waals surface area (Å²) < 4.78 is 0. The smallest absolute Gasteiger partial charge is 0.185 e. The first-order valence-electron chi connectivity index (χ1n) is 17.2. The lowest BCUT2D eigenvalue weighted by Gasteiger charge is -2.10. The van der Waals surface area contributed by atoms with E-state index in [-0.39, 0.29) is 22.5 Å². The summed E-state index contributed by atoms with van der Waals surface area (Å²) in [7, 11) is -0.279. The third-order valence-electron chi connectivity index (χ3n) is 8.30. The van der Waals surface area contributed by atoms with E-state index in [9.17, 15) is 9.59 Å². The Morgan fingerprint density at radius 2 is 0.660 bits per heavy atom. The Hall–Kier alpha value is -5.59. The van der Waals surface area contributed by atoms with Crippen LogP contribution in [0.3, 0.4) is 0 Å². The Kier molecular flexibility index (Phi) is 12.0. The Bertz CT molecular complexity index is 2170. The van der Waals surface area contributed by atoms with Gasteiger partial charge in [0.15, 0.2) is 26.3 Å². The van der Waals surface area contributed by atoms with E-state index in [1.54, 1.807) is 35.7 Å². The number of ketones is 2. The molecule has 256 valence electrons. The van der Waals surface area contributed by atoms with Crippen LogP contribution in [0, 0.1) is 0 Å². The van der Waals surface area contributed by atoms with E-state index < -0.39 is 0 Å². The first-order chi connectivity index (χ1) is 26.1. The maximum absolute atomic E-state index is 12.7. The van der Waals surface area contributed by atoms with Crippen LogP contribution >= 0.6 is 23.5 Å². The van der Waals surface area contributed by atoms with Gasteiger partial charge in [0.25, 0.3) is 0 Å². The van der Waals surface area contributed by atoms with Crippen molar-refractivity contribution >= 4 is 58.1 Å². The molecule has 7 aromatic rings. The van der Waals surface area contributed by atoms with Crippen molar-refractivity contribution in [3.63, 3.8) is 0 Å². The molecule has 0 atom stereocenters. The second-order valence-electron chi connectivity index (χ2n) is 12.0. The minimum atomic E-state index is -0.279. The summed E-state index contributed by atoms with van der Waals surface area (Å²) in [6, 6.07) is 63.6. The molecule has 0 bridgehead atoms. The minimum Gasteiger partial charge on any atom is -0.289 e. The quantitative estimate of drug-likeness (QED) is 0.0670. The second kappa shape index (κ2) is 17.8. The number of hydrogen-bond acceptors (Lipinski definition) is 4. The summed E-state index contributed by atoms with van der Waals surface area (Å²) in [6.45, 7) is 0. The largest absolute Gasteiger partial charge is 0.289 e. The maximum atomic E-state index is 12.7. The van der Waals surface area contributed by atoms with Crippen molar-refractivity contribution in [1.82, 2.24) is 0 Å². The van der Waals surface area contributed by atoms with Gasteiger partial charge in [0.05, 0.1) is 10.9 Å². The predicted molar refractivity (Wildman–Crippen MR) is 222 cm³/mol. The van der Waals surface area contributed by atoms with E-state index in [1.807, 2.05) is 121 Å². The molecule has 2 nitrogen and oxygen atoms in total. The first-order valence-corrected chi connectivity index (χ1v) is 20.0. The van der Waals surface area contributed by atoms with E-state index >= 15 is 0 Å². The molecule has 0 radical (unpaired) electrons. The molecule has 0 aromatic heterocycles. The van der Waals surface area contributed by atoms with Gasteiger partial charge in [-0.15, -0.1) is 0 Å². The number of hydrogen-bond donors (Lipinski definition) is 0. The van der Waals surface area contributed by atoms with Crippen LogP contribution < -0.4 is 0 Å². The molecule has 0 saturated heterocycles. The van der Waals surface area contributed by atoms with Crippen LogP contribution in [0.25, 0.3) is 12.2 Å². The van der Waals surface area contributed by atoms with Gasteiger partial charge in [-0.25, -0.2) is 0 Å². The zero-order valence-electron chi connectivity index (χ0n) is 28.7. The molecule has 7 rings (SSSR count). The van der Waals surface area contributed by atoms with Crippen molar-refractivity contribution in [3.8, 4) is 0 Å². The maximum Gasteiger partial charge on any atom is 0.185 e. The first kappa shape index (κ1) is 35.8. The topological polar surface area (TPSA) is 34.1 Å². The fraction of sp³-hybridized carbons (Fsp3) is 0. The fourth-order valence-electron chi connectivity index (χ4n) is 5.56. The van der Waals surface area contributed by atoms with Gasteiger partial charge in [0, 0.05) is 30.7 Å². The van der Waals surface area contributed by atoms with Gasteiger partial charge in [-0.2, -0.15) is 0 Å². The SMILES string of the molecule is O=C(/C=C/c1ccccc1)c1ccc(Sc2ccc([S+](c3ccccc3)c3ccc(Sc4ccc(C(=O)/C=C/c5ccccc5)cc4)cc3)cc2)cc1. The van der Waals surface area contributed by atoms with Crippen molar-refractivity contribution in [1.29, 1.82) is 0 Å². The molecular weight excluding hydrogens is 705 g/mol. The van der Waals surface area contributed by atoms with E-state index in [4.69, 9.17) is 0 Å². The minimum absolute atomic E-state index is 0.00995. The molecule has 0 aliphatic carbocycles. The molecule has 0 unspecified atom stereocenters. The monoisotopic (exact) mass is 739 g/mol. The van der Waals surface area contributed by atoms with E-state index in [1.165, 1.54) is 14.7 Å². The van der Waals surface area contributed by atoms with Crippen molar-refractivity contribution < 1.29 is 9.59 Å². The zero-order valence-corrected chi connectivity index (χ0v) is 31.2. The van der Waals surface area contributed by atoms with Crippen molar-refractivity contribution in [2.75, 3.05) is 0 Å². The molecule has 5 heteroatoms. The van der Waals surface area contributed by atoms with Gasteiger partial charge in [-0.05, 0) is 132 Å². The van der Waals surface area contributed by atoms with Crippen LogP contribution in [0.1, 0.15) is 31.8 Å². The van der Waals surface area contributed by atoms with Gasteiger partial charge in [0.1, 0.15) is 0 Å². The van der Waals surface area contributed by atoms with Gasteiger partial charge in [0.2, 0.25) is 0 Å². The summed E-state index contributed by atoms with van der Waals surface area (Å²) in [4.78, 5) is 33.6. The highest BCUT2D eigenvalue weighted by molar-refractivity contribution is 7.99. The lowest BCUT2D eigenvalue weighted by atomic mass is 10.1. The molecule has 0 amide bonds. The standard InChI is InChI=1S/C48H35O2S3/c49-47(34-16-36-10-4-1-5-11-36)38-18-22-40(23-19-38)51-42-26-30-45(31-27-42)53(44-14-8-3-9-15-44)46-32-28-43(29-33-46)52-41-24-20-39(21-25-41)48(50)35-17-37-12-6-2-7-13-37/h1-35H/q+1/b34-16+,35-17+. The third-order valence-corrected chi connectivity index (χ3v) is 12.6. The van der Waals surface area contributed by atoms with Gasteiger partial charge in [-0.3, -0.25) is 9.59 Å². The highest BCUT2D eigenvalue weighted by atomic mass is 32.2. The number of carbonyl (C=O) groups is 2. The fourth-order valence-corrected chi connectivity index (χ4v) is 9.26. The number of allylic oxidation sites excluding steroid dienone is 2. The number of benzene rings is 7. The third kappa shape index (κ3) is 9.85. The molecular formula is C48H35O2S3+. The lowest BCUT2D eigenvalue weighted by molar-refractivity contribution is 0.103. The van der Waals surface area contributed by atoms with E-state index in [0.29, 0.717) is 11.1 Å². The molecule has 0 N–H and O–H groups in total. The highest BCUT2D eigenvalue weighted by Crippen LogP contribution is 2.36. The molecule has 0 heterocycles. The molecule has 0 aliphatic rings. The van der Waals surface area contributed by atoms with Crippen LogP contribution in [-0.4, -0.2) is 11.6 Å². The van der Waals surface area contributed by atoms with Gasteiger partial charge < -0.3 is 0 Å².